The van der Waals surface area contributed by atoms with E-state index in [4.69, 9.17) is 0 Å². The van der Waals surface area contributed by atoms with Crippen molar-refractivity contribution in [3.05, 3.63) is 126 Å². The van der Waals surface area contributed by atoms with Crippen molar-refractivity contribution in [1.29, 1.82) is 5.26 Å². The molecule has 0 saturated carbocycles. The number of benzene rings is 3. The summed E-state index contributed by atoms with van der Waals surface area (Å²) in [5.74, 6) is 0.317. The van der Waals surface area contributed by atoms with Crippen molar-refractivity contribution in [2.75, 3.05) is 4.90 Å². The molecule has 3 aromatic carbocycles. The quantitative estimate of drug-likeness (QED) is 0.391. The Balaban J connectivity index is 1.77. The topological polar surface area (TPSA) is 60.2 Å². The second kappa shape index (κ2) is 10.1. The van der Waals surface area contributed by atoms with E-state index in [1.54, 1.807) is 23.2 Å². The number of amides is 2. The van der Waals surface area contributed by atoms with Crippen molar-refractivity contribution in [1.82, 2.24) is 9.88 Å². The van der Waals surface area contributed by atoms with Gasteiger partial charge in [0.05, 0.1) is 11.3 Å². The number of para-hydroxylation sites is 1. The maximum Gasteiger partial charge on any atom is 0.330 e. The lowest BCUT2D eigenvalue weighted by molar-refractivity contribution is 0.201. The standard InChI is InChI=1S/C27H22N4O/c28-19-24-15-10-18-29-26(24)31(25-16-8-3-9-17-25)27(32)30(20-22-11-4-1-5-12-22)21-23-13-6-2-7-14-23/h1-18H,20-21H2. The number of nitriles is 1. The molecule has 0 saturated heterocycles. The molecule has 1 heterocycles. The maximum atomic E-state index is 14.0. The fourth-order valence-electron chi connectivity index (χ4n) is 3.50. The number of rotatable bonds is 6. The van der Waals surface area contributed by atoms with Crippen molar-refractivity contribution in [2.24, 2.45) is 0 Å². The van der Waals surface area contributed by atoms with Crippen LogP contribution in [0.25, 0.3) is 0 Å². The minimum atomic E-state index is -0.251. The fourth-order valence-corrected chi connectivity index (χ4v) is 3.50. The third kappa shape index (κ3) is 4.82. The van der Waals surface area contributed by atoms with Crippen LogP contribution in [0.2, 0.25) is 0 Å². The minimum absolute atomic E-state index is 0.251. The normalized spacial score (nSPS) is 10.2. The van der Waals surface area contributed by atoms with Gasteiger partial charge in [-0.1, -0.05) is 78.9 Å². The molecule has 156 valence electrons. The van der Waals surface area contributed by atoms with E-state index in [0.29, 0.717) is 30.2 Å². The van der Waals surface area contributed by atoms with E-state index in [1.807, 2.05) is 91.0 Å². The van der Waals surface area contributed by atoms with E-state index < -0.39 is 0 Å². The number of hydrogen-bond acceptors (Lipinski definition) is 3. The molecule has 0 aliphatic rings. The monoisotopic (exact) mass is 418 g/mol. The zero-order valence-electron chi connectivity index (χ0n) is 17.5. The van der Waals surface area contributed by atoms with E-state index in [-0.39, 0.29) is 6.03 Å². The number of hydrogen-bond donors (Lipinski definition) is 0. The van der Waals surface area contributed by atoms with Gasteiger partial charge in [-0.2, -0.15) is 5.26 Å². The first-order chi connectivity index (χ1) is 15.8. The summed E-state index contributed by atoms with van der Waals surface area (Å²) in [6, 6.07) is 34.3. The molecule has 0 fully saturated rings. The summed E-state index contributed by atoms with van der Waals surface area (Å²) >= 11 is 0. The molecular weight excluding hydrogens is 396 g/mol. The number of pyridine rings is 1. The summed E-state index contributed by atoms with van der Waals surface area (Å²) in [6.45, 7) is 0.846. The third-order valence-corrected chi connectivity index (χ3v) is 5.03. The second-order valence-electron chi connectivity index (χ2n) is 7.27. The van der Waals surface area contributed by atoms with Gasteiger partial charge >= 0.3 is 6.03 Å². The molecule has 4 aromatic rings. The van der Waals surface area contributed by atoms with Gasteiger partial charge in [-0.05, 0) is 35.4 Å². The second-order valence-corrected chi connectivity index (χ2v) is 7.27. The summed E-state index contributed by atoms with van der Waals surface area (Å²) in [6.07, 6.45) is 1.60. The van der Waals surface area contributed by atoms with Crippen LogP contribution in [-0.2, 0) is 13.1 Å². The molecule has 0 bridgehead atoms. The lowest BCUT2D eigenvalue weighted by atomic mass is 10.1. The lowest BCUT2D eigenvalue weighted by Gasteiger charge is -2.31. The highest BCUT2D eigenvalue weighted by Gasteiger charge is 2.27. The van der Waals surface area contributed by atoms with Gasteiger partial charge in [0, 0.05) is 19.3 Å². The van der Waals surface area contributed by atoms with Crippen LogP contribution in [0.3, 0.4) is 0 Å². The summed E-state index contributed by atoms with van der Waals surface area (Å²) in [5.41, 5.74) is 3.03. The van der Waals surface area contributed by atoms with Crippen LogP contribution in [-0.4, -0.2) is 15.9 Å². The fraction of sp³-hybridized carbons (Fsp3) is 0.0741. The van der Waals surface area contributed by atoms with Crippen molar-refractivity contribution in [3.63, 3.8) is 0 Å². The molecule has 5 heteroatoms. The van der Waals surface area contributed by atoms with Crippen LogP contribution >= 0.6 is 0 Å². The molecule has 5 nitrogen and oxygen atoms in total. The highest BCUT2D eigenvalue weighted by Crippen LogP contribution is 2.28. The Kier molecular flexibility index (Phi) is 6.54. The average Bonchev–Trinajstić information content (AvgIpc) is 2.86. The third-order valence-electron chi connectivity index (χ3n) is 5.03. The molecule has 0 spiro atoms. The molecule has 2 amide bonds. The Morgan fingerprint density at radius 3 is 1.81 bits per heavy atom. The van der Waals surface area contributed by atoms with Crippen LogP contribution in [0.5, 0.6) is 0 Å². The Bertz CT molecular complexity index is 1160. The summed E-state index contributed by atoms with van der Waals surface area (Å²) in [7, 11) is 0. The van der Waals surface area contributed by atoms with Crippen LogP contribution in [0.4, 0.5) is 16.3 Å². The van der Waals surface area contributed by atoms with Crippen molar-refractivity contribution < 1.29 is 4.79 Å². The predicted molar refractivity (Wildman–Crippen MR) is 125 cm³/mol. The van der Waals surface area contributed by atoms with Gasteiger partial charge in [0.1, 0.15) is 6.07 Å². The Morgan fingerprint density at radius 2 is 1.28 bits per heavy atom. The first-order valence-corrected chi connectivity index (χ1v) is 10.3. The summed E-state index contributed by atoms with van der Waals surface area (Å²) < 4.78 is 0. The zero-order valence-corrected chi connectivity index (χ0v) is 17.5. The van der Waals surface area contributed by atoms with Crippen molar-refractivity contribution in [2.45, 2.75) is 13.1 Å². The van der Waals surface area contributed by atoms with Gasteiger partial charge in [-0.3, -0.25) is 0 Å². The number of carbonyl (C=O) groups is 1. The SMILES string of the molecule is N#Cc1cccnc1N(C(=O)N(Cc1ccccc1)Cc1ccccc1)c1ccccc1. The molecule has 0 unspecified atom stereocenters. The molecular formula is C27H22N4O. The summed E-state index contributed by atoms with van der Waals surface area (Å²) in [5, 5.41) is 9.66. The Morgan fingerprint density at radius 1 is 0.750 bits per heavy atom. The minimum Gasteiger partial charge on any atom is -0.315 e. The molecule has 0 radical (unpaired) electrons. The average molecular weight is 419 g/mol. The largest absolute Gasteiger partial charge is 0.330 e. The molecule has 0 aliphatic carbocycles. The summed E-state index contributed by atoms with van der Waals surface area (Å²) in [4.78, 5) is 21.7. The number of aromatic nitrogens is 1. The maximum absolute atomic E-state index is 14.0. The van der Waals surface area contributed by atoms with Gasteiger partial charge < -0.3 is 4.90 Å². The highest BCUT2D eigenvalue weighted by molar-refractivity contribution is 5.99. The van der Waals surface area contributed by atoms with E-state index >= 15 is 0 Å². The highest BCUT2D eigenvalue weighted by atomic mass is 16.2. The van der Waals surface area contributed by atoms with Gasteiger partial charge in [-0.15, -0.1) is 0 Å². The molecule has 0 aliphatic heterocycles. The number of nitrogens with zero attached hydrogens (tertiary/aromatic N) is 4. The Labute approximate surface area is 187 Å². The smallest absolute Gasteiger partial charge is 0.315 e. The van der Waals surface area contributed by atoms with E-state index in [0.717, 1.165) is 11.1 Å². The molecule has 0 N–H and O–H groups in total. The van der Waals surface area contributed by atoms with Gasteiger partial charge in [0.25, 0.3) is 0 Å². The van der Waals surface area contributed by atoms with Crippen LogP contribution in [0.15, 0.2) is 109 Å². The van der Waals surface area contributed by atoms with Crippen LogP contribution in [0, 0.1) is 11.3 Å². The van der Waals surface area contributed by atoms with Crippen LogP contribution < -0.4 is 4.90 Å². The molecule has 4 rings (SSSR count). The van der Waals surface area contributed by atoms with Gasteiger partial charge in [0.15, 0.2) is 5.82 Å². The van der Waals surface area contributed by atoms with Crippen molar-refractivity contribution >= 4 is 17.5 Å². The molecule has 0 atom stereocenters. The molecule has 1 aromatic heterocycles. The zero-order chi connectivity index (χ0) is 22.2. The lowest BCUT2D eigenvalue weighted by Crippen LogP contribution is -2.40. The van der Waals surface area contributed by atoms with Crippen LogP contribution in [0.1, 0.15) is 16.7 Å². The number of carbonyl (C=O) groups excluding carboxylic acids is 1. The number of urea groups is 1. The van der Waals surface area contributed by atoms with Gasteiger partial charge in [0.2, 0.25) is 0 Å². The number of anilines is 2. The molecule has 32 heavy (non-hydrogen) atoms. The van der Waals surface area contributed by atoms with Gasteiger partial charge in [-0.25, -0.2) is 14.7 Å². The van der Waals surface area contributed by atoms with E-state index in [2.05, 4.69) is 11.1 Å². The van der Waals surface area contributed by atoms with E-state index in [1.165, 1.54) is 4.90 Å². The first kappa shape index (κ1) is 20.8. The Hall–Kier alpha value is -4.43. The predicted octanol–water partition coefficient (Wildman–Crippen LogP) is 5.91. The van der Waals surface area contributed by atoms with E-state index in [9.17, 15) is 10.1 Å². The first-order valence-electron chi connectivity index (χ1n) is 10.3. The van der Waals surface area contributed by atoms with Crippen molar-refractivity contribution in [3.8, 4) is 6.07 Å².